The monoisotopic (exact) mass is 471 g/mol. The number of thiophene rings is 1. The van der Waals surface area contributed by atoms with Gasteiger partial charge in [-0.1, -0.05) is 31.2 Å². The van der Waals surface area contributed by atoms with Crippen LogP contribution >= 0.6 is 11.3 Å². The molecule has 4 aromatic rings. The lowest BCUT2D eigenvalue weighted by Crippen LogP contribution is -2.17. The molecule has 0 spiro atoms. The van der Waals surface area contributed by atoms with E-state index < -0.39 is 0 Å². The number of amides is 1. The lowest BCUT2D eigenvalue weighted by atomic mass is 9.99. The minimum absolute atomic E-state index is 0.135. The number of nitrogens with one attached hydrogen (secondary N) is 2. The molecule has 1 aliphatic heterocycles. The predicted octanol–water partition coefficient (Wildman–Crippen LogP) is 6.20. The maximum absolute atomic E-state index is 13.0. The SMILES string of the molecule is CCc1cc([C@@H](Nc2cc(C)ccn2)c2ccc3c(c2)OCO3)c(NC(=O)c2ccccc2)s1. The molecule has 2 N–H and O–H groups in total. The molecule has 1 amide bonds. The van der Waals surface area contributed by atoms with Crippen LogP contribution in [0.3, 0.4) is 0 Å². The molecule has 2 aromatic carbocycles. The molecule has 0 aliphatic carbocycles. The molecule has 5 rings (SSSR count). The maximum Gasteiger partial charge on any atom is 0.256 e. The fourth-order valence-electron chi connectivity index (χ4n) is 3.91. The van der Waals surface area contributed by atoms with E-state index in [0.717, 1.165) is 39.7 Å². The molecule has 0 bridgehead atoms. The summed E-state index contributed by atoms with van der Waals surface area (Å²) in [5.41, 5.74) is 3.70. The minimum Gasteiger partial charge on any atom is -0.454 e. The summed E-state index contributed by atoms with van der Waals surface area (Å²) >= 11 is 1.60. The summed E-state index contributed by atoms with van der Waals surface area (Å²) in [5.74, 6) is 2.06. The lowest BCUT2D eigenvalue weighted by molar-refractivity contribution is 0.102. The van der Waals surface area contributed by atoms with E-state index in [1.54, 1.807) is 17.5 Å². The van der Waals surface area contributed by atoms with Gasteiger partial charge in [0.15, 0.2) is 11.5 Å². The van der Waals surface area contributed by atoms with E-state index in [2.05, 4.69) is 28.6 Å². The number of rotatable bonds is 7. The van der Waals surface area contributed by atoms with E-state index in [-0.39, 0.29) is 18.7 Å². The normalized spacial score (nSPS) is 12.9. The Kier molecular flexibility index (Phi) is 6.18. The van der Waals surface area contributed by atoms with Crippen molar-refractivity contribution in [3.63, 3.8) is 0 Å². The Morgan fingerprint density at radius 3 is 2.68 bits per heavy atom. The summed E-state index contributed by atoms with van der Waals surface area (Å²) in [5, 5.41) is 7.54. The largest absolute Gasteiger partial charge is 0.454 e. The summed E-state index contributed by atoms with van der Waals surface area (Å²) in [6, 6.07) is 21.1. The molecular weight excluding hydrogens is 446 g/mol. The quantitative estimate of drug-likeness (QED) is 0.336. The van der Waals surface area contributed by atoms with Crippen LogP contribution in [0.15, 0.2) is 72.9 Å². The molecule has 1 atom stereocenters. The average Bonchev–Trinajstić information content (AvgIpc) is 3.49. The summed E-state index contributed by atoms with van der Waals surface area (Å²) in [7, 11) is 0. The zero-order valence-corrected chi connectivity index (χ0v) is 19.8. The Balaban J connectivity index is 1.56. The molecule has 6 nitrogen and oxygen atoms in total. The van der Waals surface area contributed by atoms with Crippen molar-refractivity contribution in [2.45, 2.75) is 26.3 Å². The molecule has 7 heteroatoms. The maximum atomic E-state index is 13.0. The highest BCUT2D eigenvalue weighted by Gasteiger charge is 2.25. The molecule has 3 heterocycles. The van der Waals surface area contributed by atoms with Gasteiger partial charge in [0.25, 0.3) is 5.91 Å². The molecule has 34 heavy (non-hydrogen) atoms. The van der Waals surface area contributed by atoms with Crippen molar-refractivity contribution in [3.8, 4) is 11.5 Å². The first-order chi connectivity index (χ1) is 16.6. The third kappa shape index (κ3) is 4.61. The number of hydrogen-bond donors (Lipinski definition) is 2. The van der Waals surface area contributed by atoms with E-state index in [9.17, 15) is 4.79 Å². The van der Waals surface area contributed by atoms with Gasteiger partial charge in [-0.15, -0.1) is 11.3 Å². The molecule has 1 aliphatic rings. The fourth-order valence-corrected chi connectivity index (χ4v) is 4.94. The highest BCUT2D eigenvalue weighted by Crippen LogP contribution is 2.41. The fraction of sp³-hybridized carbons (Fsp3) is 0.185. The number of ether oxygens (including phenoxy) is 2. The van der Waals surface area contributed by atoms with Crippen LogP contribution in [0, 0.1) is 6.92 Å². The molecule has 172 valence electrons. The zero-order chi connectivity index (χ0) is 23.5. The van der Waals surface area contributed by atoms with Gasteiger partial charge in [0.2, 0.25) is 6.79 Å². The van der Waals surface area contributed by atoms with Crippen molar-refractivity contribution in [3.05, 3.63) is 100 Å². The Hall–Kier alpha value is -3.84. The average molecular weight is 472 g/mol. The van der Waals surface area contributed by atoms with Gasteiger partial charge in [0.1, 0.15) is 10.8 Å². The number of fused-ring (bicyclic) bond motifs is 1. The van der Waals surface area contributed by atoms with Crippen LogP contribution < -0.4 is 20.1 Å². The Labute approximate surface area is 202 Å². The first-order valence-electron chi connectivity index (χ1n) is 11.2. The third-order valence-electron chi connectivity index (χ3n) is 5.67. The van der Waals surface area contributed by atoms with Crippen molar-refractivity contribution in [2.24, 2.45) is 0 Å². The van der Waals surface area contributed by atoms with E-state index in [0.29, 0.717) is 11.3 Å². The number of benzene rings is 2. The Morgan fingerprint density at radius 2 is 1.88 bits per heavy atom. The van der Waals surface area contributed by atoms with Crippen molar-refractivity contribution < 1.29 is 14.3 Å². The van der Waals surface area contributed by atoms with Crippen LogP contribution in [0.1, 0.15) is 44.9 Å². The number of anilines is 2. The molecule has 0 saturated carbocycles. The Morgan fingerprint density at radius 1 is 1.06 bits per heavy atom. The van der Waals surface area contributed by atoms with Crippen LogP contribution in [-0.2, 0) is 6.42 Å². The van der Waals surface area contributed by atoms with Gasteiger partial charge < -0.3 is 20.1 Å². The van der Waals surface area contributed by atoms with Gasteiger partial charge in [-0.05, 0) is 66.9 Å². The van der Waals surface area contributed by atoms with Gasteiger partial charge in [0.05, 0.1) is 6.04 Å². The van der Waals surface area contributed by atoms with Crippen LogP contribution in [0.5, 0.6) is 11.5 Å². The molecule has 0 fully saturated rings. The van der Waals surface area contributed by atoms with Crippen molar-refractivity contribution in [1.29, 1.82) is 0 Å². The van der Waals surface area contributed by atoms with Gasteiger partial charge >= 0.3 is 0 Å². The van der Waals surface area contributed by atoms with Crippen LogP contribution in [-0.4, -0.2) is 17.7 Å². The molecule has 0 unspecified atom stereocenters. The lowest BCUT2D eigenvalue weighted by Gasteiger charge is -2.21. The number of aryl methyl sites for hydroxylation is 2. The van der Waals surface area contributed by atoms with Gasteiger partial charge in [0, 0.05) is 22.2 Å². The van der Waals surface area contributed by atoms with Crippen molar-refractivity contribution in [2.75, 3.05) is 17.4 Å². The summed E-state index contributed by atoms with van der Waals surface area (Å²) < 4.78 is 11.2. The molecule has 0 saturated heterocycles. The first-order valence-corrected chi connectivity index (χ1v) is 12.0. The number of aromatic nitrogens is 1. The van der Waals surface area contributed by atoms with E-state index >= 15 is 0 Å². The van der Waals surface area contributed by atoms with Crippen LogP contribution in [0.2, 0.25) is 0 Å². The van der Waals surface area contributed by atoms with E-state index in [1.165, 1.54) is 4.88 Å². The van der Waals surface area contributed by atoms with E-state index in [1.807, 2.05) is 67.6 Å². The van der Waals surface area contributed by atoms with Crippen LogP contribution in [0.25, 0.3) is 0 Å². The summed E-state index contributed by atoms with van der Waals surface area (Å²) in [4.78, 5) is 18.7. The van der Waals surface area contributed by atoms with Crippen molar-refractivity contribution in [1.82, 2.24) is 4.98 Å². The smallest absolute Gasteiger partial charge is 0.256 e. The molecule has 2 aromatic heterocycles. The van der Waals surface area contributed by atoms with Gasteiger partial charge in [-0.2, -0.15) is 0 Å². The number of carbonyl (C=O) groups excluding carboxylic acids is 1. The zero-order valence-electron chi connectivity index (χ0n) is 19.0. The molecular formula is C27H25N3O3S. The standard InChI is InChI=1S/C27H25N3O3S/c1-3-20-15-21(27(34-20)30-26(31)18-7-5-4-6-8-18)25(29-24-13-17(2)11-12-28-24)19-9-10-22-23(14-19)33-16-32-22/h4-15,25H,3,16H2,1-2H3,(H,28,29)(H,30,31)/t25-/m0/s1. The second kappa shape index (κ2) is 9.57. The Bertz CT molecular complexity index is 1320. The van der Waals surface area contributed by atoms with E-state index in [4.69, 9.17) is 9.47 Å². The topological polar surface area (TPSA) is 72.5 Å². The predicted molar refractivity (Wildman–Crippen MR) is 135 cm³/mol. The minimum atomic E-state index is -0.258. The number of hydrogen-bond acceptors (Lipinski definition) is 6. The number of pyridine rings is 1. The summed E-state index contributed by atoms with van der Waals surface area (Å²) in [6.45, 7) is 4.37. The third-order valence-corrected chi connectivity index (χ3v) is 6.88. The van der Waals surface area contributed by atoms with Crippen LogP contribution in [0.4, 0.5) is 10.8 Å². The highest BCUT2D eigenvalue weighted by molar-refractivity contribution is 7.16. The second-order valence-corrected chi connectivity index (χ2v) is 9.22. The number of carbonyl (C=O) groups is 1. The van der Waals surface area contributed by atoms with Gasteiger partial charge in [-0.25, -0.2) is 4.98 Å². The van der Waals surface area contributed by atoms with Gasteiger partial charge in [-0.3, -0.25) is 4.79 Å². The second-order valence-electron chi connectivity index (χ2n) is 8.08. The summed E-state index contributed by atoms with van der Waals surface area (Å²) in [6.07, 6.45) is 2.66. The molecule has 0 radical (unpaired) electrons. The highest BCUT2D eigenvalue weighted by atomic mass is 32.1. The van der Waals surface area contributed by atoms with Crippen molar-refractivity contribution >= 4 is 28.1 Å². The first kappa shape index (κ1) is 22.0. The number of nitrogens with zero attached hydrogens (tertiary/aromatic N) is 1.